The predicted octanol–water partition coefficient (Wildman–Crippen LogP) is 4.00. The molecule has 0 radical (unpaired) electrons. The van der Waals surface area contributed by atoms with Crippen LogP contribution >= 0.6 is 0 Å². The zero-order chi connectivity index (χ0) is 19.7. The summed E-state index contributed by atoms with van der Waals surface area (Å²) in [6.45, 7) is 0. The second kappa shape index (κ2) is 7.54. The number of anilines is 2. The maximum Gasteiger partial charge on any atom is 0.227 e. The van der Waals surface area contributed by atoms with Crippen LogP contribution in [-0.4, -0.2) is 24.0 Å². The summed E-state index contributed by atoms with van der Waals surface area (Å²) in [7, 11) is 1.55. The van der Waals surface area contributed by atoms with Crippen molar-refractivity contribution in [3.05, 3.63) is 47.5 Å². The molecule has 4 rings (SSSR count). The van der Waals surface area contributed by atoms with E-state index in [-0.39, 0.29) is 29.4 Å². The van der Waals surface area contributed by atoms with E-state index in [2.05, 4.69) is 10.6 Å². The summed E-state index contributed by atoms with van der Waals surface area (Å²) in [5.74, 6) is 0.525. The third kappa shape index (κ3) is 3.54. The van der Waals surface area contributed by atoms with E-state index in [0.29, 0.717) is 23.5 Å². The van der Waals surface area contributed by atoms with Gasteiger partial charge in [-0.15, -0.1) is 0 Å². The molecule has 0 saturated heterocycles. The van der Waals surface area contributed by atoms with Gasteiger partial charge in [0.1, 0.15) is 11.5 Å². The molecule has 2 aromatic carbocycles. The van der Waals surface area contributed by atoms with Crippen LogP contribution in [-0.2, 0) is 9.59 Å². The molecule has 6 nitrogen and oxygen atoms in total. The zero-order valence-corrected chi connectivity index (χ0v) is 15.8. The Balaban J connectivity index is 1.64. The molecule has 1 fully saturated rings. The molecule has 0 aromatic heterocycles. The number of carbonyl (C=O) groups excluding carboxylic acids is 2. The van der Waals surface area contributed by atoms with E-state index in [9.17, 15) is 14.7 Å². The van der Waals surface area contributed by atoms with Gasteiger partial charge in [-0.05, 0) is 36.6 Å². The normalized spacial score (nSPS) is 19.0. The second-order valence-electron chi connectivity index (χ2n) is 7.50. The topological polar surface area (TPSA) is 87.7 Å². The van der Waals surface area contributed by atoms with Crippen molar-refractivity contribution in [2.75, 3.05) is 17.7 Å². The first-order valence-electron chi connectivity index (χ1n) is 9.66. The Morgan fingerprint density at radius 2 is 1.89 bits per heavy atom. The molecule has 3 N–H and O–H groups in total. The molecule has 2 aliphatic rings. The highest BCUT2D eigenvalue weighted by atomic mass is 16.5. The van der Waals surface area contributed by atoms with E-state index in [1.165, 1.54) is 0 Å². The number of methoxy groups -OCH3 is 1. The number of phenolic OH excluding ortho intramolecular Hbond substituents is 1. The van der Waals surface area contributed by atoms with Crippen LogP contribution in [0.4, 0.5) is 11.4 Å². The number of rotatable bonds is 4. The number of ether oxygens (including phenoxy) is 1. The van der Waals surface area contributed by atoms with Crippen molar-refractivity contribution in [3.63, 3.8) is 0 Å². The number of benzene rings is 2. The van der Waals surface area contributed by atoms with Crippen LogP contribution in [0, 0.1) is 5.92 Å². The molecule has 146 valence electrons. The average Bonchev–Trinajstić information content (AvgIpc) is 3.22. The molecule has 2 amide bonds. The minimum atomic E-state index is -0.182. The van der Waals surface area contributed by atoms with Crippen molar-refractivity contribution in [1.82, 2.24) is 0 Å². The van der Waals surface area contributed by atoms with Crippen molar-refractivity contribution in [2.24, 2.45) is 5.92 Å². The summed E-state index contributed by atoms with van der Waals surface area (Å²) in [5, 5.41) is 15.6. The van der Waals surface area contributed by atoms with Gasteiger partial charge in [0.2, 0.25) is 11.8 Å². The largest absolute Gasteiger partial charge is 0.508 e. The Morgan fingerprint density at radius 3 is 2.64 bits per heavy atom. The lowest BCUT2D eigenvalue weighted by molar-refractivity contribution is -0.119. The van der Waals surface area contributed by atoms with Crippen LogP contribution in [0.2, 0.25) is 0 Å². The first-order valence-corrected chi connectivity index (χ1v) is 9.66. The third-order valence-corrected chi connectivity index (χ3v) is 5.68. The molecule has 1 heterocycles. The maximum atomic E-state index is 12.4. The van der Waals surface area contributed by atoms with Gasteiger partial charge < -0.3 is 20.5 Å². The van der Waals surface area contributed by atoms with Gasteiger partial charge >= 0.3 is 0 Å². The lowest BCUT2D eigenvalue weighted by atomic mass is 9.84. The predicted molar refractivity (Wildman–Crippen MR) is 107 cm³/mol. The fourth-order valence-electron chi connectivity index (χ4n) is 4.24. The molecule has 28 heavy (non-hydrogen) atoms. The highest BCUT2D eigenvalue weighted by molar-refractivity contribution is 5.98. The number of aromatic hydroxyl groups is 1. The summed E-state index contributed by atoms with van der Waals surface area (Å²) in [6, 6.07) is 10.6. The molecule has 6 heteroatoms. The summed E-state index contributed by atoms with van der Waals surface area (Å²) in [4.78, 5) is 24.7. The zero-order valence-electron chi connectivity index (χ0n) is 15.8. The monoisotopic (exact) mass is 380 g/mol. The standard InChI is InChI=1S/C22H24N2O4/c1-28-20-11-15(25)7-9-17(20)18-12-21(26)24-19-10-14(6-8-16(18)19)23-22(27)13-4-2-3-5-13/h6-11,13,18,25H,2-5,12H2,1H3,(H,23,27)(H,24,26). The summed E-state index contributed by atoms with van der Waals surface area (Å²) in [5.41, 5.74) is 3.19. The lowest BCUT2D eigenvalue weighted by Gasteiger charge is -2.27. The van der Waals surface area contributed by atoms with Gasteiger partial charge in [0.25, 0.3) is 0 Å². The number of nitrogens with one attached hydrogen (secondary N) is 2. The molecule has 1 aliphatic heterocycles. The number of fused-ring (bicyclic) bond motifs is 1. The number of hydrogen-bond donors (Lipinski definition) is 3. The van der Waals surface area contributed by atoms with E-state index in [0.717, 1.165) is 36.8 Å². The Hall–Kier alpha value is -3.02. The summed E-state index contributed by atoms with van der Waals surface area (Å²) < 4.78 is 5.41. The summed E-state index contributed by atoms with van der Waals surface area (Å²) >= 11 is 0. The van der Waals surface area contributed by atoms with E-state index >= 15 is 0 Å². The number of hydrogen-bond acceptors (Lipinski definition) is 4. The van der Waals surface area contributed by atoms with Gasteiger partial charge in [0, 0.05) is 41.3 Å². The number of carbonyl (C=O) groups is 2. The van der Waals surface area contributed by atoms with E-state index in [1.807, 2.05) is 18.2 Å². The fourth-order valence-corrected chi connectivity index (χ4v) is 4.24. The Bertz CT molecular complexity index is 919. The van der Waals surface area contributed by atoms with Crippen LogP contribution in [0.3, 0.4) is 0 Å². The van der Waals surface area contributed by atoms with Crippen molar-refractivity contribution < 1.29 is 19.4 Å². The molecule has 1 unspecified atom stereocenters. The maximum absolute atomic E-state index is 12.4. The summed E-state index contributed by atoms with van der Waals surface area (Å²) in [6.07, 6.45) is 4.39. The van der Waals surface area contributed by atoms with Crippen LogP contribution in [0.15, 0.2) is 36.4 Å². The SMILES string of the molecule is COc1cc(O)ccc1C1CC(=O)Nc2cc(NC(=O)C3CCCC3)ccc21. The van der Waals surface area contributed by atoms with Crippen LogP contribution in [0.25, 0.3) is 0 Å². The van der Waals surface area contributed by atoms with Crippen molar-refractivity contribution in [2.45, 2.75) is 38.0 Å². The minimum absolute atomic E-state index is 0.0522. The molecule has 2 aromatic rings. The van der Waals surface area contributed by atoms with Crippen LogP contribution < -0.4 is 15.4 Å². The Labute approximate surface area is 163 Å². The first kappa shape index (κ1) is 18.3. The van der Waals surface area contributed by atoms with Gasteiger partial charge in [-0.2, -0.15) is 0 Å². The Morgan fingerprint density at radius 1 is 1.14 bits per heavy atom. The quantitative estimate of drug-likeness (QED) is 0.748. The van der Waals surface area contributed by atoms with E-state index in [4.69, 9.17) is 4.74 Å². The van der Waals surface area contributed by atoms with Gasteiger partial charge in [0.05, 0.1) is 7.11 Å². The fraction of sp³-hybridized carbons (Fsp3) is 0.364. The highest BCUT2D eigenvalue weighted by Crippen LogP contribution is 2.42. The van der Waals surface area contributed by atoms with Gasteiger partial charge in [-0.1, -0.05) is 25.0 Å². The highest BCUT2D eigenvalue weighted by Gasteiger charge is 2.29. The van der Waals surface area contributed by atoms with Crippen LogP contribution in [0.5, 0.6) is 11.5 Å². The molecule has 1 aliphatic carbocycles. The van der Waals surface area contributed by atoms with Crippen LogP contribution in [0.1, 0.15) is 49.1 Å². The molecule has 1 atom stereocenters. The molecular formula is C22H24N2O4. The second-order valence-corrected chi connectivity index (χ2v) is 7.50. The van der Waals surface area contributed by atoms with Crippen molar-refractivity contribution in [3.8, 4) is 11.5 Å². The smallest absolute Gasteiger partial charge is 0.227 e. The third-order valence-electron chi connectivity index (χ3n) is 5.68. The molecule has 1 saturated carbocycles. The minimum Gasteiger partial charge on any atom is -0.508 e. The van der Waals surface area contributed by atoms with Gasteiger partial charge in [-0.25, -0.2) is 0 Å². The molecule has 0 spiro atoms. The van der Waals surface area contributed by atoms with Gasteiger partial charge in [-0.3, -0.25) is 9.59 Å². The van der Waals surface area contributed by atoms with E-state index in [1.54, 1.807) is 25.3 Å². The van der Waals surface area contributed by atoms with E-state index < -0.39 is 0 Å². The molecule has 0 bridgehead atoms. The number of phenols is 1. The lowest BCUT2D eigenvalue weighted by Crippen LogP contribution is -2.24. The van der Waals surface area contributed by atoms with Gasteiger partial charge in [0.15, 0.2) is 0 Å². The molecular weight excluding hydrogens is 356 g/mol. The number of amides is 2. The van der Waals surface area contributed by atoms with Crippen molar-refractivity contribution >= 4 is 23.2 Å². The first-order chi connectivity index (χ1) is 13.5. The average molecular weight is 380 g/mol. The Kier molecular flexibility index (Phi) is 4.94. The van der Waals surface area contributed by atoms with Crippen molar-refractivity contribution in [1.29, 1.82) is 0 Å².